The van der Waals surface area contributed by atoms with Crippen LogP contribution in [0.1, 0.15) is 32.1 Å². The van der Waals surface area contributed by atoms with Crippen molar-refractivity contribution < 1.29 is 14.7 Å². The number of hydrogen-bond donors (Lipinski definition) is 2. The molecule has 0 aromatic heterocycles. The number of aliphatic carboxylic acids is 1. The Bertz CT molecular complexity index is 401. The zero-order chi connectivity index (χ0) is 14.1. The standard InChI is InChI=1S/C14H23N3O3/c18-13(19)9-12-14(20)15-5-8-17(12)11-4-7-16-6-2-1-3-10(11)16/h10-12H,1-9H2,(H,15,20)(H,18,19). The molecule has 112 valence electrons. The minimum absolute atomic E-state index is 0.0882. The molecular formula is C14H23N3O3. The monoisotopic (exact) mass is 281 g/mol. The van der Waals surface area contributed by atoms with Gasteiger partial charge in [0, 0.05) is 31.7 Å². The van der Waals surface area contributed by atoms with Gasteiger partial charge in [0.15, 0.2) is 0 Å². The zero-order valence-corrected chi connectivity index (χ0v) is 11.8. The van der Waals surface area contributed by atoms with E-state index in [0.717, 1.165) is 26.1 Å². The van der Waals surface area contributed by atoms with Crippen LogP contribution in [0.3, 0.4) is 0 Å². The molecule has 1 amide bonds. The number of hydrogen-bond acceptors (Lipinski definition) is 4. The molecule has 0 spiro atoms. The van der Waals surface area contributed by atoms with E-state index in [1.54, 1.807) is 0 Å². The van der Waals surface area contributed by atoms with E-state index in [9.17, 15) is 9.59 Å². The van der Waals surface area contributed by atoms with Gasteiger partial charge in [-0.25, -0.2) is 0 Å². The summed E-state index contributed by atoms with van der Waals surface area (Å²) < 4.78 is 0. The van der Waals surface area contributed by atoms with E-state index in [-0.39, 0.29) is 12.3 Å². The lowest BCUT2D eigenvalue weighted by atomic mass is 9.95. The van der Waals surface area contributed by atoms with Gasteiger partial charge in [0.25, 0.3) is 0 Å². The number of rotatable bonds is 3. The van der Waals surface area contributed by atoms with Crippen molar-refractivity contribution in [2.75, 3.05) is 26.2 Å². The minimum atomic E-state index is -0.893. The number of nitrogens with one attached hydrogen (secondary N) is 1. The summed E-state index contributed by atoms with van der Waals surface area (Å²) in [4.78, 5) is 27.8. The van der Waals surface area contributed by atoms with Gasteiger partial charge >= 0.3 is 5.97 Å². The molecule has 6 heteroatoms. The molecule has 0 saturated carbocycles. The first-order valence-electron chi connectivity index (χ1n) is 7.66. The number of carboxylic acid groups (broad SMARTS) is 1. The van der Waals surface area contributed by atoms with E-state index in [1.807, 2.05) is 0 Å². The largest absolute Gasteiger partial charge is 0.481 e. The Morgan fingerprint density at radius 3 is 2.85 bits per heavy atom. The first-order valence-corrected chi connectivity index (χ1v) is 7.66. The van der Waals surface area contributed by atoms with Crippen LogP contribution in [-0.4, -0.2) is 71.1 Å². The fraction of sp³-hybridized carbons (Fsp3) is 0.857. The van der Waals surface area contributed by atoms with E-state index in [1.165, 1.54) is 19.3 Å². The van der Waals surface area contributed by atoms with Crippen molar-refractivity contribution in [2.24, 2.45) is 0 Å². The van der Waals surface area contributed by atoms with E-state index >= 15 is 0 Å². The average molecular weight is 281 g/mol. The SMILES string of the molecule is O=C(O)CC1C(=O)NCCN1C1CCN2CCCCC12. The molecule has 20 heavy (non-hydrogen) atoms. The molecule has 3 aliphatic heterocycles. The van der Waals surface area contributed by atoms with Crippen LogP contribution in [-0.2, 0) is 9.59 Å². The topological polar surface area (TPSA) is 72.9 Å². The number of carboxylic acids is 1. The van der Waals surface area contributed by atoms with E-state index < -0.39 is 12.0 Å². The normalized spacial score (nSPS) is 35.6. The van der Waals surface area contributed by atoms with Crippen LogP contribution in [0.2, 0.25) is 0 Å². The first-order chi connectivity index (χ1) is 9.66. The molecule has 3 atom stereocenters. The van der Waals surface area contributed by atoms with Crippen molar-refractivity contribution in [3.05, 3.63) is 0 Å². The van der Waals surface area contributed by atoms with E-state index in [2.05, 4.69) is 15.1 Å². The van der Waals surface area contributed by atoms with Gasteiger partial charge in [0.1, 0.15) is 6.04 Å². The van der Waals surface area contributed by atoms with Crippen LogP contribution >= 0.6 is 0 Å². The zero-order valence-electron chi connectivity index (χ0n) is 11.8. The summed E-state index contributed by atoms with van der Waals surface area (Å²) in [7, 11) is 0. The Labute approximate surface area is 119 Å². The lowest BCUT2D eigenvalue weighted by molar-refractivity contribution is -0.144. The third-order valence-electron chi connectivity index (χ3n) is 4.99. The first kappa shape index (κ1) is 13.8. The fourth-order valence-corrected chi connectivity index (χ4v) is 4.11. The summed E-state index contributed by atoms with van der Waals surface area (Å²) in [6, 6.07) is 0.379. The summed E-state index contributed by atoms with van der Waals surface area (Å²) >= 11 is 0. The predicted octanol–water partition coefficient (Wildman–Crippen LogP) is -0.112. The molecule has 3 unspecified atom stereocenters. The van der Waals surface area contributed by atoms with Crippen LogP contribution in [0, 0.1) is 0 Å². The lowest BCUT2D eigenvalue weighted by Crippen LogP contribution is -2.61. The lowest BCUT2D eigenvalue weighted by Gasteiger charge is -2.43. The quantitative estimate of drug-likeness (QED) is 0.755. The Morgan fingerprint density at radius 2 is 2.05 bits per heavy atom. The second kappa shape index (κ2) is 5.69. The molecule has 3 rings (SSSR count). The van der Waals surface area contributed by atoms with Gasteiger partial charge in [-0.15, -0.1) is 0 Å². The van der Waals surface area contributed by atoms with Gasteiger partial charge < -0.3 is 10.4 Å². The molecule has 3 heterocycles. The number of piperazine rings is 1. The highest BCUT2D eigenvalue weighted by Gasteiger charge is 2.44. The fourth-order valence-electron chi connectivity index (χ4n) is 4.11. The highest BCUT2D eigenvalue weighted by molar-refractivity contribution is 5.86. The molecule has 0 bridgehead atoms. The Balaban J connectivity index is 1.75. The van der Waals surface area contributed by atoms with Gasteiger partial charge in [-0.1, -0.05) is 6.42 Å². The van der Waals surface area contributed by atoms with E-state index in [0.29, 0.717) is 18.6 Å². The number of carbonyl (C=O) groups is 2. The van der Waals surface area contributed by atoms with Crippen molar-refractivity contribution in [2.45, 2.75) is 50.2 Å². The summed E-state index contributed by atoms with van der Waals surface area (Å²) in [5.74, 6) is -1.01. The molecule has 0 aliphatic carbocycles. The van der Waals surface area contributed by atoms with Gasteiger partial charge in [-0.05, 0) is 25.8 Å². The minimum Gasteiger partial charge on any atom is -0.481 e. The molecule has 3 aliphatic rings. The van der Waals surface area contributed by atoms with Crippen molar-refractivity contribution in [3.8, 4) is 0 Å². The second-order valence-electron chi connectivity index (χ2n) is 6.10. The van der Waals surface area contributed by atoms with Gasteiger partial charge in [0.2, 0.25) is 5.91 Å². The summed E-state index contributed by atoms with van der Waals surface area (Å²) in [5.41, 5.74) is 0. The Hall–Kier alpha value is -1.14. The van der Waals surface area contributed by atoms with Crippen LogP contribution in [0.4, 0.5) is 0 Å². The molecule has 3 fully saturated rings. The van der Waals surface area contributed by atoms with Crippen LogP contribution in [0.25, 0.3) is 0 Å². The molecular weight excluding hydrogens is 258 g/mol. The number of carbonyl (C=O) groups excluding carboxylic acids is 1. The predicted molar refractivity (Wildman–Crippen MR) is 73.4 cm³/mol. The van der Waals surface area contributed by atoms with E-state index in [4.69, 9.17) is 5.11 Å². The Kier molecular flexibility index (Phi) is 3.94. The molecule has 6 nitrogen and oxygen atoms in total. The average Bonchev–Trinajstić information content (AvgIpc) is 2.84. The molecule has 0 radical (unpaired) electrons. The number of piperidine rings is 1. The van der Waals surface area contributed by atoms with Crippen LogP contribution < -0.4 is 5.32 Å². The van der Waals surface area contributed by atoms with Gasteiger partial charge in [-0.2, -0.15) is 0 Å². The van der Waals surface area contributed by atoms with Crippen molar-refractivity contribution >= 4 is 11.9 Å². The number of nitrogens with zero attached hydrogens (tertiary/aromatic N) is 2. The highest BCUT2D eigenvalue weighted by Crippen LogP contribution is 2.32. The maximum atomic E-state index is 12.0. The second-order valence-corrected chi connectivity index (χ2v) is 6.10. The highest BCUT2D eigenvalue weighted by atomic mass is 16.4. The molecule has 3 saturated heterocycles. The molecule has 0 aromatic rings. The number of amides is 1. The third kappa shape index (κ3) is 2.54. The maximum Gasteiger partial charge on any atom is 0.305 e. The third-order valence-corrected chi connectivity index (χ3v) is 4.99. The van der Waals surface area contributed by atoms with Gasteiger partial charge in [-0.3, -0.25) is 19.4 Å². The van der Waals surface area contributed by atoms with Crippen molar-refractivity contribution in [1.82, 2.24) is 15.1 Å². The van der Waals surface area contributed by atoms with Crippen molar-refractivity contribution in [1.29, 1.82) is 0 Å². The smallest absolute Gasteiger partial charge is 0.305 e. The number of fused-ring (bicyclic) bond motifs is 1. The summed E-state index contributed by atoms with van der Waals surface area (Å²) in [6.07, 6.45) is 4.68. The van der Waals surface area contributed by atoms with Crippen LogP contribution in [0.15, 0.2) is 0 Å². The van der Waals surface area contributed by atoms with Crippen LogP contribution in [0.5, 0.6) is 0 Å². The molecule has 2 N–H and O–H groups in total. The molecule has 0 aromatic carbocycles. The maximum absolute atomic E-state index is 12.0. The van der Waals surface area contributed by atoms with Crippen molar-refractivity contribution in [3.63, 3.8) is 0 Å². The Morgan fingerprint density at radius 1 is 1.20 bits per heavy atom. The summed E-state index contributed by atoms with van der Waals surface area (Å²) in [5, 5.41) is 11.9. The van der Waals surface area contributed by atoms with Gasteiger partial charge in [0.05, 0.1) is 6.42 Å². The summed E-state index contributed by atoms with van der Waals surface area (Å²) in [6.45, 7) is 3.66.